The van der Waals surface area contributed by atoms with Crippen LogP contribution in [0.1, 0.15) is 32.1 Å². The van der Waals surface area contributed by atoms with Crippen molar-refractivity contribution < 1.29 is 10.0 Å². The van der Waals surface area contributed by atoms with Crippen LogP contribution in [0.15, 0.2) is 5.16 Å². The van der Waals surface area contributed by atoms with Crippen molar-refractivity contribution in [1.29, 1.82) is 0 Å². The van der Waals surface area contributed by atoms with Crippen LogP contribution < -0.4 is 5.73 Å². The first-order valence-electron chi connectivity index (χ1n) is 6.96. The highest BCUT2D eigenvalue weighted by molar-refractivity contribution is 5.94. The third kappa shape index (κ3) is 1.81. The zero-order valence-electron chi connectivity index (χ0n) is 10.6. The van der Waals surface area contributed by atoms with Gasteiger partial charge < -0.3 is 10.9 Å². The summed E-state index contributed by atoms with van der Waals surface area (Å²) >= 11 is 0. The van der Waals surface area contributed by atoms with E-state index < -0.39 is 0 Å². The van der Waals surface area contributed by atoms with Gasteiger partial charge >= 0.3 is 0 Å². The lowest BCUT2D eigenvalue weighted by molar-refractivity contribution is -0.123. The lowest BCUT2D eigenvalue weighted by Crippen LogP contribution is -2.49. The lowest BCUT2D eigenvalue weighted by Gasteiger charge is -2.38. The van der Waals surface area contributed by atoms with Crippen LogP contribution in [-0.4, -0.2) is 40.9 Å². The van der Waals surface area contributed by atoms with Gasteiger partial charge in [0.05, 0.1) is 11.8 Å². The number of hydrogen-bond acceptors (Lipinski definition) is 4. The molecule has 0 aromatic heterocycles. The summed E-state index contributed by atoms with van der Waals surface area (Å²) < 4.78 is 0. The van der Waals surface area contributed by atoms with Crippen molar-refractivity contribution in [2.24, 2.45) is 28.6 Å². The summed E-state index contributed by atoms with van der Waals surface area (Å²) in [6.07, 6.45) is 5.31. The topological polar surface area (TPSA) is 78.9 Å². The Morgan fingerprint density at radius 3 is 2.61 bits per heavy atom. The Bertz CT molecular complexity index is 374. The lowest BCUT2D eigenvalue weighted by atomic mass is 9.88. The van der Waals surface area contributed by atoms with Gasteiger partial charge in [-0.1, -0.05) is 5.16 Å². The number of hydrogen-bond donors (Lipinski definition) is 2. The maximum absolute atomic E-state index is 11.2. The molecule has 0 unspecified atom stereocenters. The normalized spacial score (nSPS) is 39.6. The van der Waals surface area contributed by atoms with Gasteiger partial charge in [0.2, 0.25) is 5.91 Å². The van der Waals surface area contributed by atoms with Crippen LogP contribution in [0.25, 0.3) is 0 Å². The van der Waals surface area contributed by atoms with Gasteiger partial charge in [-0.2, -0.15) is 0 Å². The molecule has 0 radical (unpaired) electrons. The van der Waals surface area contributed by atoms with Crippen LogP contribution in [0.4, 0.5) is 0 Å². The van der Waals surface area contributed by atoms with Crippen molar-refractivity contribution in [1.82, 2.24) is 4.90 Å². The molecule has 3 aliphatic rings. The maximum Gasteiger partial charge on any atom is 0.220 e. The fourth-order valence-corrected chi connectivity index (χ4v) is 4.14. The van der Waals surface area contributed by atoms with Gasteiger partial charge in [0.1, 0.15) is 0 Å². The number of fused-ring (bicyclic) bond motifs is 2. The van der Waals surface area contributed by atoms with Crippen molar-refractivity contribution in [3.63, 3.8) is 0 Å². The van der Waals surface area contributed by atoms with E-state index in [0.717, 1.165) is 31.6 Å². The molecular weight excluding hydrogens is 230 g/mol. The number of primary amides is 1. The quantitative estimate of drug-likeness (QED) is 0.563. The summed E-state index contributed by atoms with van der Waals surface area (Å²) in [4.78, 5) is 13.6. The van der Waals surface area contributed by atoms with Crippen LogP contribution in [0.5, 0.6) is 0 Å². The first kappa shape index (κ1) is 12.0. The largest absolute Gasteiger partial charge is 0.411 e. The number of carbonyl (C=O) groups excluding carboxylic acids is 1. The monoisotopic (exact) mass is 251 g/mol. The van der Waals surface area contributed by atoms with Gasteiger partial charge in [0.25, 0.3) is 0 Å². The zero-order chi connectivity index (χ0) is 12.7. The highest BCUT2D eigenvalue weighted by Gasteiger charge is 2.48. The van der Waals surface area contributed by atoms with E-state index in [9.17, 15) is 10.0 Å². The summed E-state index contributed by atoms with van der Waals surface area (Å²) in [6.45, 7) is 1.81. The van der Waals surface area contributed by atoms with Crippen LogP contribution in [0.2, 0.25) is 0 Å². The highest BCUT2D eigenvalue weighted by atomic mass is 16.4. The third-order valence-corrected chi connectivity index (χ3v) is 5.08. The summed E-state index contributed by atoms with van der Waals surface area (Å²) in [6, 6.07) is 0.322. The molecule has 2 aliphatic carbocycles. The number of rotatable bonds is 2. The maximum atomic E-state index is 11.2. The molecule has 0 spiro atoms. The van der Waals surface area contributed by atoms with Gasteiger partial charge in [-0.05, 0) is 51.1 Å². The summed E-state index contributed by atoms with van der Waals surface area (Å²) in [5.41, 5.74) is 6.35. The molecular formula is C13H21N3O2. The molecule has 2 saturated carbocycles. The number of nitrogens with two attached hydrogens (primary N) is 1. The molecule has 18 heavy (non-hydrogen) atoms. The predicted octanol–water partition coefficient (Wildman–Crippen LogP) is 0.812. The highest BCUT2D eigenvalue weighted by Crippen LogP contribution is 2.45. The Balaban J connectivity index is 1.68. The first-order chi connectivity index (χ1) is 8.70. The molecule has 5 nitrogen and oxygen atoms in total. The minimum absolute atomic E-state index is 0.0364. The predicted molar refractivity (Wildman–Crippen MR) is 67.3 cm³/mol. The number of nitrogens with zero attached hydrogens (tertiary/aromatic N) is 2. The van der Waals surface area contributed by atoms with Crippen molar-refractivity contribution >= 4 is 11.6 Å². The van der Waals surface area contributed by atoms with E-state index in [4.69, 9.17) is 5.73 Å². The SMILES string of the molecule is NC(=O)C1CCN([C@H]2/C(=N\O)[C@H]3CC[C@H]2C3)CC1. The van der Waals surface area contributed by atoms with E-state index in [2.05, 4.69) is 10.1 Å². The smallest absolute Gasteiger partial charge is 0.220 e. The average Bonchev–Trinajstić information content (AvgIpc) is 2.98. The molecule has 5 heteroatoms. The van der Waals surface area contributed by atoms with E-state index in [-0.39, 0.29) is 11.8 Å². The van der Waals surface area contributed by atoms with Gasteiger partial charge in [-0.3, -0.25) is 9.69 Å². The molecule has 100 valence electrons. The first-order valence-corrected chi connectivity index (χ1v) is 6.96. The fraction of sp³-hybridized carbons (Fsp3) is 0.846. The zero-order valence-corrected chi connectivity index (χ0v) is 10.6. The third-order valence-electron chi connectivity index (χ3n) is 5.08. The average molecular weight is 251 g/mol. The number of likely N-dealkylation sites (tertiary alicyclic amines) is 1. The molecule has 1 aliphatic heterocycles. The van der Waals surface area contributed by atoms with Gasteiger partial charge in [0.15, 0.2) is 0 Å². The minimum Gasteiger partial charge on any atom is -0.411 e. The van der Waals surface area contributed by atoms with E-state index >= 15 is 0 Å². The van der Waals surface area contributed by atoms with Crippen molar-refractivity contribution in [3.8, 4) is 0 Å². The van der Waals surface area contributed by atoms with E-state index in [1.807, 2.05) is 0 Å². The molecule has 3 fully saturated rings. The van der Waals surface area contributed by atoms with Crippen molar-refractivity contribution in [3.05, 3.63) is 0 Å². The fourth-order valence-electron chi connectivity index (χ4n) is 4.14. The molecule has 3 atom stereocenters. The Labute approximate surface area is 107 Å². The Morgan fingerprint density at radius 2 is 2.00 bits per heavy atom. The molecule has 2 bridgehead atoms. The van der Waals surface area contributed by atoms with Crippen LogP contribution in [-0.2, 0) is 4.79 Å². The number of piperidine rings is 1. The second kappa shape index (κ2) is 4.53. The van der Waals surface area contributed by atoms with E-state index in [1.165, 1.54) is 19.3 Å². The van der Waals surface area contributed by atoms with Gasteiger partial charge in [-0.15, -0.1) is 0 Å². The molecule has 1 saturated heterocycles. The van der Waals surface area contributed by atoms with Gasteiger partial charge in [0, 0.05) is 11.8 Å². The van der Waals surface area contributed by atoms with Crippen LogP contribution >= 0.6 is 0 Å². The molecule has 3 N–H and O–H groups in total. The summed E-state index contributed by atoms with van der Waals surface area (Å²) in [5, 5.41) is 12.8. The summed E-state index contributed by atoms with van der Waals surface area (Å²) in [7, 11) is 0. The van der Waals surface area contributed by atoms with Crippen molar-refractivity contribution in [2.45, 2.75) is 38.1 Å². The second-order valence-electron chi connectivity index (χ2n) is 5.95. The number of oxime groups is 1. The Morgan fingerprint density at radius 1 is 1.28 bits per heavy atom. The second-order valence-corrected chi connectivity index (χ2v) is 5.95. The minimum atomic E-state index is -0.168. The molecule has 1 amide bonds. The van der Waals surface area contributed by atoms with E-state index in [1.54, 1.807) is 0 Å². The van der Waals surface area contributed by atoms with Gasteiger partial charge in [-0.25, -0.2) is 0 Å². The van der Waals surface area contributed by atoms with Crippen molar-refractivity contribution in [2.75, 3.05) is 13.1 Å². The standard InChI is InChI=1S/C13H21N3O2/c14-13(17)8-3-5-16(6-4-8)12-10-2-1-9(7-10)11(12)15-18/h8-10,12,18H,1-7H2,(H2,14,17)/b15-11-/t9-,10-,12+/m0/s1. The molecule has 0 aromatic rings. The molecule has 1 heterocycles. The Kier molecular flexibility index (Phi) is 3.01. The number of amides is 1. The molecule has 3 rings (SSSR count). The van der Waals surface area contributed by atoms with Crippen LogP contribution in [0.3, 0.4) is 0 Å². The summed E-state index contributed by atoms with van der Waals surface area (Å²) in [5.74, 6) is 1.03. The van der Waals surface area contributed by atoms with E-state index in [0.29, 0.717) is 17.9 Å². The Hall–Kier alpha value is -1.10. The molecule has 0 aromatic carbocycles. The van der Waals surface area contributed by atoms with Crippen LogP contribution in [0, 0.1) is 17.8 Å². The number of carbonyl (C=O) groups is 1.